The predicted octanol–water partition coefficient (Wildman–Crippen LogP) is 3.21. The topological polar surface area (TPSA) is 29.9 Å². The number of aromatic nitrogens is 2. The van der Waals surface area contributed by atoms with Gasteiger partial charge in [-0.15, -0.1) is 0 Å². The molecule has 0 radical (unpaired) electrons. The Morgan fingerprint density at radius 3 is 2.89 bits per heavy atom. The fraction of sp³-hybridized carbons (Fsp3) is 0.562. The maximum Gasteiger partial charge on any atom is 0.0682 e. The van der Waals surface area contributed by atoms with E-state index in [0.29, 0.717) is 0 Å². The molecule has 0 amide bonds. The fourth-order valence-electron chi connectivity index (χ4n) is 3.09. The zero-order chi connectivity index (χ0) is 12.9. The van der Waals surface area contributed by atoms with Crippen LogP contribution in [0.5, 0.6) is 0 Å². The van der Waals surface area contributed by atoms with Crippen LogP contribution in [0, 0.1) is 5.92 Å². The van der Waals surface area contributed by atoms with E-state index in [4.69, 9.17) is 0 Å². The molecule has 19 heavy (non-hydrogen) atoms. The molecule has 0 bridgehead atoms. The van der Waals surface area contributed by atoms with E-state index in [0.717, 1.165) is 19.0 Å². The standard InChI is InChI=1S/C16H23N3/c1-2-6-14(7-3-1)12-17-10-11-19-16-9-5-4-8-15(16)13-18-19/h4-5,8-9,13-14,17H,1-3,6-7,10-12H2. The average Bonchev–Trinajstić information content (AvgIpc) is 2.88. The van der Waals surface area contributed by atoms with Gasteiger partial charge in [-0.05, 0) is 31.4 Å². The lowest BCUT2D eigenvalue weighted by Gasteiger charge is -2.21. The molecule has 1 aliphatic rings. The molecule has 0 spiro atoms. The Morgan fingerprint density at radius 1 is 1.16 bits per heavy atom. The van der Waals surface area contributed by atoms with Gasteiger partial charge in [-0.3, -0.25) is 4.68 Å². The number of hydrogen-bond donors (Lipinski definition) is 1. The van der Waals surface area contributed by atoms with Gasteiger partial charge in [0.2, 0.25) is 0 Å². The van der Waals surface area contributed by atoms with E-state index in [9.17, 15) is 0 Å². The molecule has 3 nitrogen and oxygen atoms in total. The third-order valence-corrected chi connectivity index (χ3v) is 4.21. The highest BCUT2D eigenvalue weighted by molar-refractivity contribution is 5.78. The number of rotatable bonds is 5. The lowest BCUT2D eigenvalue weighted by molar-refractivity contribution is 0.340. The molecule has 1 heterocycles. The summed E-state index contributed by atoms with van der Waals surface area (Å²) in [5, 5.41) is 9.28. The summed E-state index contributed by atoms with van der Waals surface area (Å²) in [6.45, 7) is 3.15. The van der Waals surface area contributed by atoms with Crippen LogP contribution in [0.25, 0.3) is 10.9 Å². The van der Waals surface area contributed by atoms with Crippen molar-refractivity contribution in [1.29, 1.82) is 0 Å². The van der Waals surface area contributed by atoms with Crippen LogP contribution in [0.4, 0.5) is 0 Å². The molecule has 102 valence electrons. The number of nitrogens with zero attached hydrogens (tertiary/aromatic N) is 2. The summed E-state index contributed by atoms with van der Waals surface area (Å²) in [5.74, 6) is 0.906. The monoisotopic (exact) mass is 257 g/mol. The molecule has 1 saturated carbocycles. The second-order valence-electron chi connectivity index (χ2n) is 5.63. The third kappa shape index (κ3) is 3.16. The highest BCUT2D eigenvalue weighted by Crippen LogP contribution is 2.22. The number of para-hydroxylation sites is 1. The lowest BCUT2D eigenvalue weighted by atomic mass is 9.89. The lowest BCUT2D eigenvalue weighted by Crippen LogP contribution is -2.27. The van der Waals surface area contributed by atoms with E-state index in [1.165, 1.54) is 49.6 Å². The summed E-state index contributed by atoms with van der Waals surface area (Å²) in [6.07, 6.45) is 9.08. The van der Waals surface area contributed by atoms with Crippen molar-refractivity contribution in [2.75, 3.05) is 13.1 Å². The van der Waals surface area contributed by atoms with Gasteiger partial charge in [0, 0.05) is 11.9 Å². The Balaban J connectivity index is 1.47. The number of nitrogens with one attached hydrogen (secondary N) is 1. The van der Waals surface area contributed by atoms with Crippen molar-refractivity contribution in [3.8, 4) is 0 Å². The molecular formula is C16H23N3. The first-order valence-corrected chi connectivity index (χ1v) is 7.55. The third-order valence-electron chi connectivity index (χ3n) is 4.21. The van der Waals surface area contributed by atoms with Gasteiger partial charge in [0.05, 0.1) is 18.3 Å². The second-order valence-corrected chi connectivity index (χ2v) is 5.63. The molecule has 0 saturated heterocycles. The second kappa shape index (κ2) is 6.20. The minimum Gasteiger partial charge on any atom is -0.315 e. The molecule has 0 atom stereocenters. The van der Waals surface area contributed by atoms with Crippen LogP contribution in [0.15, 0.2) is 30.5 Å². The first-order valence-electron chi connectivity index (χ1n) is 7.55. The average molecular weight is 257 g/mol. The zero-order valence-electron chi connectivity index (χ0n) is 11.5. The fourth-order valence-corrected chi connectivity index (χ4v) is 3.09. The number of fused-ring (bicyclic) bond motifs is 1. The van der Waals surface area contributed by atoms with Gasteiger partial charge in [-0.2, -0.15) is 5.10 Å². The minimum atomic E-state index is 0.906. The normalized spacial score (nSPS) is 17.1. The van der Waals surface area contributed by atoms with Gasteiger partial charge in [0.1, 0.15) is 0 Å². The first-order chi connectivity index (χ1) is 9.43. The molecule has 1 aliphatic carbocycles. The summed E-state index contributed by atoms with van der Waals surface area (Å²) in [6, 6.07) is 8.41. The van der Waals surface area contributed by atoms with Crippen LogP contribution >= 0.6 is 0 Å². The summed E-state index contributed by atoms with van der Waals surface area (Å²) in [5.41, 5.74) is 1.24. The summed E-state index contributed by atoms with van der Waals surface area (Å²) in [7, 11) is 0. The SMILES string of the molecule is c1ccc2c(c1)cnn2CCNCC1CCCCC1. The number of hydrogen-bond acceptors (Lipinski definition) is 2. The molecule has 0 unspecified atom stereocenters. The zero-order valence-corrected chi connectivity index (χ0v) is 11.5. The van der Waals surface area contributed by atoms with Crippen molar-refractivity contribution in [3.63, 3.8) is 0 Å². The molecule has 1 aromatic heterocycles. The van der Waals surface area contributed by atoms with Crippen LogP contribution in [0.1, 0.15) is 32.1 Å². The molecule has 1 fully saturated rings. The van der Waals surface area contributed by atoms with Crippen molar-refractivity contribution in [2.24, 2.45) is 5.92 Å². The molecule has 0 aliphatic heterocycles. The molecule has 3 heteroatoms. The predicted molar refractivity (Wildman–Crippen MR) is 79.2 cm³/mol. The molecule has 2 aromatic rings. The quantitative estimate of drug-likeness (QED) is 0.834. The van der Waals surface area contributed by atoms with E-state index in [1.54, 1.807) is 0 Å². The minimum absolute atomic E-state index is 0.906. The summed E-state index contributed by atoms with van der Waals surface area (Å²) < 4.78 is 2.10. The largest absolute Gasteiger partial charge is 0.315 e. The van der Waals surface area contributed by atoms with E-state index in [-0.39, 0.29) is 0 Å². The van der Waals surface area contributed by atoms with Gasteiger partial charge in [-0.1, -0.05) is 37.5 Å². The highest BCUT2D eigenvalue weighted by atomic mass is 15.3. The van der Waals surface area contributed by atoms with Gasteiger partial charge in [0.15, 0.2) is 0 Å². The van der Waals surface area contributed by atoms with Gasteiger partial charge in [-0.25, -0.2) is 0 Å². The first kappa shape index (κ1) is 12.7. The smallest absolute Gasteiger partial charge is 0.0682 e. The molecule has 1 N–H and O–H groups in total. The summed E-state index contributed by atoms with van der Waals surface area (Å²) >= 11 is 0. The van der Waals surface area contributed by atoms with E-state index >= 15 is 0 Å². The Hall–Kier alpha value is -1.35. The van der Waals surface area contributed by atoms with Crippen molar-refractivity contribution < 1.29 is 0 Å². The van der Waals surface area contributed by atoms with Gasteiger partial charge < -0.3 is 5.32 Å². The van der Waals surface area contributed by atoms with Crippen molar-refractivity contribution >= 4 is 10.9 Å². The summed E-state index contributed by atoms with van der Waals surface area (Å²) in [4.78, 5) is 0. The van der Waals surface area contributed by atoms with Gasteiger partial charge >= 0.3 is 0 Å². The van der Waals surface area contributed by atoms with Crippen LogP contribution in [-0.2, 0) is 6.54 Å². The Bertz CT molecular complexity index is 511. The Kier molecular flexibility index (Phi) is 4.13. The molecular weight excluding hydrogens is 234 g/mol. The van der Waals surface area contributed by atoms with Gasteiger partial charge in [0.25, 0.3) is 0 Å². The van der Waals surface area contributed by atoms with Crippen LogP contribution in [-0.4, -0.2) is 22.9 Å². The van der Waals surface area contributed by atoms with Crippen molar-refractivity contribution in [3.05, 3.63) is 30.5 Å². The molecule has 1 aromatic carbocycles. The van der Waals surface area contributed by atoms with Crippen LogP contribution < -0.4 is 5.32 Å². The molecule has 3 rings (SSSR count). The van der Waals surface area contributed by atoms with E-state index < -0.39 is 0 Å². The Morgan fingerprint density at radius 2 is 2.00 bits per heavy atom. The van der Waals surface area contributed by atoms with Crippen molar-refractivity contribution in [2.45, 2.75) is 38.6 Å². The number of benzene rings is 1. The Labute approximate surface area is 115 Å². The van der Waals surface area contributed by atoms with E-state index in [2.05, 4.69) is 39.4 Å². The maximum atomic E-state index is 4.46. The maximum absolute atomic E-state index is 4.46. The highest BCUT2D eigenvalue weighted by Gasteiger charge is 2.12. The van der Waals surface area contributed by atoms with E-state index in [1.807, 2.05) is 6.20 Å². The van der Waals surface area contributed by atoms with Crippen LogP contribution in [0.3, 0.4) is 0 Å². The van der Waals surface area contributed by atoms with Crippen LogP contribution in [0.2, 0.25) is 0 Å². The van der Waals surface area contributed by atoms with Crippen molar-refractivity contribution in [1.82, 2.24) is 15.1 Å².